The first kappa shape index (κ1) is 12.9. The molecule has 7 heteroatoms. The summed E-state index contributed by atoms with van der Waals surface area (Å²) in [5.41, 5.74) is 1.99. The molecule has 0 aromatic rings. The minimum Gasteiger partial charge on any atom is -0.394 e. The van der Waals surface area contributed by atoms with E-state index in [-0.39, 0.29) is 6.54 Å². The highest BCUT2D eigenvalue weighted by molar-refractivity contribution is 6.08. The van der Waals surface area contributed by atoms with E-state index in [0.717, 1.165) is 0 Å². The minimum absolute atomic E-state index is 0.000436. The van der Waals surface area contributed by atoms with Gasteiger partial charge >= 0.3 is 6.18 Å². The fourth-order valence-corrected chi connectivity index (χ4v) is 1.54. The van der Waals surface area contributed by atoms with Gasteiger partial charge in [-0.15, -0.1) is 0 Å². The van der Waals surface area contributed by atoms with Crippen molar-refractivity contribution in [3.63, 3.8) is 0 Å². The van der Waals surface area contributed by atoms with Gasteiger partial charge in [-0.2, -0.15) is 22.0 Å². The summed E-state index contributed by atoms with van der Waals surface area (Å²) in [5, 5.41) is 0. The first-order valence-electron chi connectivity index (χ1n) is 4.69. The van der Waals surface area contributed by atoms with Crippen molar-refractivity contribution in [1.82, 2.24) is 0 Å². The number of halogens is 5. The molecule has 92 valence electrons. The highest BCUT2D eigenvalue weighted by atomic mass is 19.4. The van der Waals surface area contributed by atoms with Crippen LogP contribution in [0.15, 0.2) is 16.3 Å². The van der Waals surface area contributed by atoms with Crippen molar-refractivity contribution in [1.29, 1.82) is 0 Å². The van der Waals surface area contributed by atoms with Crippen molar-refractivity contribution in [2.75, 3.05) is 6.54 Å². The Kier molecular flexibility index (Phi) is 3.25. The first-order chi connectivity index (χ1) is 7.20. The molecule has 1 rings (SSSR count). The van der Waals surface area contributed by atoms with Crippen molar-refractivity contribution in [3.8, 4) is 0 Å². The second-order valence-electron chi connectivity index (χ2n) is 3.42. The van der Waals surface area contributed by atoms with Gasteiger partial charge in [-0.05, 0) is 13.3 Å². The van der Waals surface area contributed by atoms with Gasteiger partial charge in [0.25, 0.3) is 5.92 Å². The Bertz CT molecular complexity index is 340. The third kappa shape index (κ3) is 2.33. The Morgan fingerprint density at radius 3 is 2.44 bits per heavy atom. The van der Waals surface area contributed by atoms with E-state index in [9.17, 15) is 22.0 Å². The molecule has 0 radical (unpaired) electrons. The lowest BCUT2D eigenvalue weighted by atomic mass is 10.1. The quantitative estimate of drug-likeness (QED) is 0.705. The van der Waals surface area contributed by atoms with E-state index in [0.29, 0.717) is 0 Å². The van der Waals surface area contributed by atoms with Crippen LogP contribution in [0.2, 0.25) is 0 Å². The topological polar surface area (TPSA) is 38.4 Å². The Morgan fingerprint density at radius 1 is 1.44 bits per heavy atom. The second-order valence-corrected chi connectivity index (χ2v) is 3.42. The van der Waals surface area contributed by atoms with Crippen LogP contribution >= 0.6 is 0 Å². The molecule has 16 heavy (non-hydrogen) atoms. The summed E-state index contributed by atoms with van der Waals surface area (Å²) in [5.74, 6) is -3.30. The standard InChI is InChI=1S/C9H11F5N2/c1-2-16-7-5(3-4-8(7,10)11)6(15)9(12,13)14/h2-4,15H2,1H3/b6-5-,16-7?. The Hall–Kier alpha value is -1.14. The molecule has 0 spiro atoms. The number of rotatable bonds is 1. The molecule has 0 saturated heterocycles. The molecule has 0 atom stereocenters. The van der Waals surface area contributed by atoms with Crippen LogP contribution < -0.4 is 5.73 Å². The zero-order chi connectivity index (χ0) is 12.6. The molecule has 2 N–H and O–H groups in total. The van der Waals surface area contributed by atoms with Gasteiger partial charge in [-0.3, -0.25) is 4.99 Å². The SMILES string of the molecule is CCN=C1/C(=C(\N)C(F)(F)F)CCC1(F)F. The second kappa shape index (κ2) is 4.03. The molecule has 1 fully saturated rings. The Balaban J connectivity index is 3.23. The lowest BCUT2D eigenvalue weighted by Gasteiger charge is -2.13. The van der Waals surface area contributed by atoms with Crippen LogP contribution in [0, 0.1) is 0 Å². The third-order valence-corrected chi connectivity index (χ3v) is 2.27. The smallest absolute Gasteiger partial charge is 0.394 e. The van der Waals surface area contributed by atoms with Crippen LogP contribution in [0.1, 0.15) is 19.8 Å². The number of hydrogen-bond acceptors (Lipinski definition) is 2. The predicted octanol–water partition coefficient (Wildman–Crippen LogP) is 2.65. The van der Waals surface area contributed by atoms with E-state index >= 15 is 0 Å². The lowest BCUT2D eigenvalue weighted by Crippen LogP contribution is -2.28. The summed E-state index contributed by atoms with van der Waals surface area (Å²) in [4.78, 5) is 3.42. The molecule has 0 heterocycles. The number of alkyl halides is 5. The number of aliphatic imine (C=N–C) groups is 1. The summed E-state index contributed by atoms with van der Waals surface area (Å²) in [6.45, 7) is 1.47. The van der Waals surface area contributed by atoms with Crippen molar-refractivity contribution >= 4 is 5.71 Å². The van der Waals surface area contributed by atoms with Crippen LogP contribution in [-0.2, 0) is 0 Å². The van der Waals surface area contributed by atoms with Crippen LogP contribution in [0.25, 0.3) is 0 Å². The predicted molar refractivity (Wildman–Crippen MR) is 49.4 cm³/mol. The Morgan fingerprint density at radius 2 is 2.00 bits per heavy atom. The van der Waals surface area contributed by atoms with E-state index in [1.54, 1.807) is 0 Å². The van der Waals surface area contributed by atoms with E-state index < -0.39 is 41.9 Å². The van der Waals surface area contributed by atoms with Gasteiger partial charge in [0, 0.05) is 18.5 Å². The molecule has 1 aliphatic rings. The molecular formula is C9H11F5N2. The maximum atomic E-state index is 13.2. The molecule has 1 aliphatic carbocycles. The minimum atomic E-state index is -4.79. The fraction of sp³-hybridized carbons (Fsp3) is 0.667. The van der Waals surface area contributed by atoms with Crippen LogP contribution in [-0.4, -0.2) is 24.4 Å². The van der Waals surface area contributed by atoms with Gasteiger partial charge in [-0.1, -0.05) is 0 Å². The molecule has 0 bridgehead atoms. The zero-order valence-electron chi connectivity index (χ0n) is 8.54. The van der Waals surface area contributed by atoms with E-state index in [1.165, 1.54) is 6.92 Å². The zero-order valence-corrected chi connectivity index (χ0v) is 8.54. The fourth-order valence-electron chi connectivity index (χ4n) is 1.54. The normalized spacial score (nSPS) is 26.2. The van der Waals surface area contributed by atoms with Gasteiger partial charge in [0.05, 0.1) is 0 Å². The number of nitrogens with two attached hydrogens (primary N) is 1. The van der Waals surface area contributed by atoms with Crippen LogP contribution in [0.4, 0.5) is 22.0 Å². The maximum Gasteiger partial charge on any atom is 0.431 e. The van der Waals surface area contributed by atoms with Crippen LogP contribution in [0.3, 0.4) is 0 Å². The number of allylic oxidation sites excluding steroid dienone is 2. The van der Waals surface area contributed by atoms with E-state index in [4.69, 9.17) is 5.73 Å². The third-order valence-electron chi connectivity index (χ3n) is 2.27. The average Bonchev–Trinajstić information content (AvgIpc) is 2.41. The highest BCUT2D eigenvalue weighted by Gasteiger charge is 2.48. The maximum absolute atomic E-state index is 13.2. The monoisotopic (exact) mass is 242 g/mol. The van der Waals surface area contributed by atoms with Crippen molar-refractivity contribution in [3.05, 3.63) is 11.3 Å². The first-order valence-corrected chi connectivity index (χ1v) is 4.69. The van der Waals surface area contributed by atoms with Gasteiger partial charge in [-0.25, -0.2) is 0 Å². The van der Waals surface area contributed by atoms with Gasteiger partial charge in [0.15, 0.2) is 0 Å². The molecule has 2 nitrogen and oxygen atoms in total. The summed E-state index contributed by atoms with van der Waals surface area (Å²) in [6.07, 6.45) is -5.85. The molecule has 0 amide bonds. The summed E-state index contributed by atoms with van der Waals surface area (Å²) in [6, 6.07) is 0. The molecular weight excluding hydrogens is 231 g/mol. The molecule has 0 unspecified atom stereocenters. The number of nitrogens with zero attached hydrogens (tertiary/aromatic N) is 1. The summed E-state index contributed by atoms with van der Waals surface area (Å²) >= 11 is 0. The Labute approximate surface area is 89.0 Å². The van der Waals surface area contributed by atoms with Gasteiger partial charge in [0.2, 0.25) is 0 Å². The summed E-state index contributed by atoms with van der Waals surface area (Å²) < 4.78 is 63.3. The van der Waals surface area contributed by atoms with E-state index in [2.05, 4.69) is 4.99 Å². The summed E-state index contributed by atoms with van der Waals surface area (Å²) in [7, 11) is 0. The lowest BCUT2D eigenvalue weighted by molar-refractivity contribution is -0.0932. The molecule has 0 aliphatic heterocycles. The van der Waals surface area contributed by atoms with Gasteiger partial charge in [0.1, 0.15) is 11.4 Å². The largest absolute Gasteiger partial charge is 0.431 e. The average molecular weight is 242 g/mol. The van der Waals surface area contributed by atoms with Gasteiger partial charge < -0.3 is 5.73 Å². The van der Waals surface area contributed by atoms with Crippen LogP contribution in [0.5, 0.6) is 0 Å². The van der Waals surface area contributed by atoms with E-state index in [1.807, 2.05) is 0 Å². The number of hydrogen-bond donors (Lipinski definition) is 1. The van der Waals surface area contributed by atoms with Crippen molar-refractivity contribution in [2.24, 2.45) is 10.7 Å². The molecule has 0 aromatic carbocycles. The van der Waals surface area contributed by atoms with Crippen molar-refractivity contribution in [2.45, 2.75) is 31.9 Å². The highest BCUT2D eigenvalue weighted by Crippen LogP contribution is 2.39. The molecule has 0 aromatic heterocycles. The van der Waals surface area contributed by atoms with Crippen molar-refractivity contribution < 1.29 is 22.0 Å². The molecule has 1 saturated carbocycles.